The molecule has 2 atom stereocenters. The first-order valence-electron chi connectivity index (χ1n) is 7.92. The lowest BCUT2D eigenvalue weighted by Crippen LogP contribution is -2.58. The van der Waals surface area contributed by atoms with Gasteiger partial charge in [0.05, 0.1) is 6.10 Å². The van der Waals surface area contributed by atoms with Gasteiger partial charge in [0, 0.05) is 50.9 Å². The topological polar surface area (TPSA) is 41.7 Å². The maximum atomic E-state index is 6.21. The molecular formula is C15H29N3O. The SMILES string of the molecule is COC1CCN(C2(CN)CC(C)N(C3CC3)C2)CC1. The van der Waals surface area contributed by atoms with Crippen LogP contribution in [-0.2, 0) is 4.74 Å². The Morgan fingerprint density at radius 2 is 1.89 bits per heavy atom. The van der Waals surface area contributed by atoms with Crippen molar-refractivity contribution >= 4 is 0 Å². The monoisotopic (exact) mass is 267 g/mol. The van der Waals surface area contributed by atoms with Gasteiger partial charge in [0.2, 0.25) is 0 Å². The first kappa shape index (κ1) is 13.8. The summed E-state index contributed by atoms with van der Waals surface area (Å²) in [6.45, 7) is 6.69. The minimum absolute atomic E-state index is 0.237. The van der Waals surface area contributed by atoms with E-state index in [4.69, 9.17) is 10.5 Å². The highest BCUT2D eigenvalue weighted by molar-refractivity contribution is 5.07. The van der Waals surface area contributed by atoms with Crippen molar-refractivity contribution < 1.29 is 4.74 Å². The van der Waals surface area contributed by atoms with E-state index in [0.717, 1.165) is 38.5 Å². The molecule has 2 saturated heterocycles. The number of rotatable bonds is 4. The van der Waals surface area contributed by atoms with Crippen LogP contribution in [0.25, 0.3) is 0 Å². The van der Waals surface area contributed by atoms with Crippen molar-refractivity contribution in [3.8, 4) is 0 Å². The number of nitrogens with zero attached hydrogens (tertiary/aromatic N) is 2. The van der Waals surface area contributed by atoms with Crippen LogP contribution in [0.5, 0.6) is 0 Å². The Balaban J connectivity index is 1.66. The molecular weight excluding hydrogens is 238 g/mol. The van der Waals surface area contributed by atoms with E-state index < -0.39 is 0 Å². The van der Waals surface area contributed by atoms with Crippen molar-refractivity contribution in [3.63, 3.8) is 0 Å². The van der Waals surface area contributed by atoms with Crippen LogP contribution < -0.4 is 5.73 Å². The molecule has 19 heavy (non-hydrogen) atoms. The number of methoxy groups -OCH3 is 1. The van der Waals surface area contributed by atoms with E-state index in [0.29, 0.717) is 12.1 Å². The molecule has 2 unspecified atom stereocenters. The number of ether oxygens (including phenoxy) is 1. The van der Waals surface area contributed by atoms with Gasteiger partial charge in [-0.2, -0.15) is 0 Å². The fraction of sp³-hybridized carbons (Fsp3) is 1.00. The quantitative estimate of drug-likeness (QED) is 0.827. The molecule has 3 fully saturated rings. The zero-order valence-electron chi connectivity index (χ0n) is 12.5. The van der Waals surface area contributed by atoms with Crippen molar-refractivity contribution in [2.24, 2.45) is 5.73 Å². The molecule has 4 heteroatoms. The standard InChI is InChI=1S/C15H29N3O/c1-12-9-15(10-16,11-18(12)13-3-4-13)17-7-5-14(19-2)6-8-17/h12-14H,3-11,16H2,1-2H3. The van der Waals surface area contributed by atoms with Gasteiger partial charge in [-0.3, -0.25) is 9.80 Å². The first-order chi connectivity index (χ1) is 9.18. The molecule has 0 radical (unpaired) electrons. The van der Waals surface area contributed by atoms with Crippen LogP contribution in [0.15, 0.2) is 0 Å². The number of nitrogens with two attached hydrogens (primary N) is 1. The van der Waals surface area contributed by atoms with Crippen molar-refractivity contribution in [1.29, 1.82) is 0 Å². The average molecular weight is 267 g/mol. The number of hydrogen-bond acceptors (Lipinski definition) is 4. The van der Waals surface area contributed by atoms with Crippen LogP contribution in [0.1, 0.15) is 39.0 Å². The Labute approximate surface area is 117 Å². The first-order valence-corrected chi connectivity index (χ1v) is 7.92. The third-order valence-electron chi connectivity index (χ3n) is 5.56. The van der Waals surface area contributed by atoms with Gasteiger partial charge >= 0.3 is 0 Å². The van der Waals surface area contributed by atoms with Gasteiger partial charge in [0.25, 0.3) is 0 Å². The molecule has 4 nitrogen and oxygen atoms in total. The van der Waals surface area contributed by atoms with E-state index in [1.54, 1.807) is 0 Å². The highest BCUT2D eigenvalue weighted by Gasteiger charge is 2.49. The Kier molecular flexibility index (Phi) is 3.87. The normalized spacial score (nSPS) is 39.0. The van der Waals surface area contributed by atoms with Crippen molar-refractivity contribution in [2.75, 3.05) is 33.3 Å². The molecule has 2 heterocycles. The summed E-state index contributed by atoms with van der Waals surface area (Å²) in [7, 11) is 1.84. The molecule has 0 aromatic heterocycles. The van der Waals surface area contributed by atoms with Gasteiger partial charge in [-0.05, 0) is 39.0 Å². The minimum Gasteiger partial charge on any atom is -0.381 e. The van der Waals surface area contributed by atoms with E-state index in [2.05, 4.69) is 16.7 Å². The van der Waals surface area contributed by atoms with Crippen molar-refractivity contribution in [1.82, 2.24) is 9.80 Å². The molecule has 0 spiro atoms. The van der Waals surface area contributed by atoms with Gasteiger partial charge in [0.1, 0.15) is 0 Å². The summed E-state index contributed by atoms with van der Waals surface area (Å²) in [6.07, 6.45) is 6.83. The zero-order chi connectivity index (χ0) is 13.5. The Hall–Kier alpha value is -0.160. The third-order valence-corrected chi connectivity index (χ3v) is 5.56. The van der Waals surface area contributed by atoms with Gasteiger partial charge in [-0.25, -0.2) is 0 Å². The lowest BCUT2D eigenvalue weighted by Gasteiger charge is -2.44. The van der Waals surface area contributed by atoms with Crippen molar-refractivity contribution in [2.45, 2.75) is 62.8 Å². The van der Waals surface area contributed by atoms with Crippen LogP contribution in [-0.4, -0.2) is 66.8 Å². The molecule has 0 bridgehead atoms. The number of piperidine rings is 1. The van der Waals surface area contributed by atoms with E-state index in [1.807, 2.05) is 7.11 Å². The Bertz CT molecular complexity index is 313. The van der Waals surface area contributed by atoms with Crippen LogP contribution >= 0.6 is 0 Å². The van der Waals surface area contributed by atoms with Gasteiger partial charge in [-0.15, -0.1) is 0 Å². The van der Waals surface area contributed by atoms with Crippen LogP contribution in [0.3, 0.4) is 0 Å². The average Bonchev–Trinajstić information content (AvgIpc) is 3.23. The lowest BCUT2D eigenvalue weighted by atomic mass is 9.91. The molecule has 1 saturated carbocycles. The molecule has 3 rings (SSSR count). The van der Waals surface area contributed by atoms with E-state index in [1.165, 1.54) is 25.8 Å². The smallest absolute Gasteiger partial charge is 0.0595 e. The maximum absolute atomic E-state index is 6.21. The van der Waals surface area contributed by atoms with Gasteiger partial charge in [-0.1, -0.05) is 0 Å². The summed E-state index contributed by atoms with van der Waals surface area (Å²) in [5.74, 6) is 0. The fourth-order valence-corrected chi connectivity index (χ4v) is 4.19. The third kappa shape index (κ3) is 2.56. The molecule has 2 N–H and O–H groups in total. The summed E-state index contributed by atoms with van der Waals surface area (Å²) >= 11 is 0. The highest BCUT2D eigenvalue weighted by Crippen LogP contribution is 2.40. The van der Waals surface area contributed by atoms with E-state index in [-0.39, 0.29) is 5.54 Å². The minimum atomic E-state index is 0.237. The second-order valence-electron chi connectivity index (χ2n) is 6.81. The van der Waals surface area contributed by atoms with Crippen LogP contribution in [0.4, 0.5) is 0 Å². The summed E-state index contributed by atoms with van der Waals surface area (Å²) in [5, 5.41) is 0. The number of hydrogen-bond donors (Lipinski definition) is 1. The summed E-state index contributed by atoms with van der Waals surface area (Å²) in [6, 6.07) is 1.57. The van der Waals surface area contributed by atoms with Gasteiger partial charge < -0.3 is 10.5 Å². The zero-order valence-corrected chi connectivity index (χ0v) is 12.5. The molecule has 1 aliphatic carbocycles. The second-order valence-corrected chi connectivity index (χ2v) is 6.81. The molecule has 0 amide bonds. The summed E-state index contributed by atoms with van der Waals surface area (Å²) < 4.78 is 5.49. The van der Waals surface area contributed by atoms with Crippen LogP contribution in [0, 0.1) is 0 Å². The van der Waals surface area contributed by atoms with Crippen molar-refractivity contribution in [3.05, 3.63) is 0 Å². The Morgan fingerprint density at radius 1 is 1.21 bits per heavy atom. The summed E-state index contributed by atoms with van der Waals surface area (Å²) in [4.78, 5) is 5.39. The number of likely N-dealkylation sites (tertiary alicyclic amines) is 2. The van der Waals surface area contributed by atoms with E-state index >= 15 is 0 Å². The predicted molar refractivity (Wildman–Crippen MR) is 77.2 cm³/mol. The largest absolute Gasteiger partial charge is 0.381 e. The van der Waals surface area contributed by atoms with Crippen LogP contribution in [0.2, 0.25) is 0 Å². The highest BCUT2D eigenvalue weighted by atomic mass is 16.5. The van der Waals surface area contributed by atoms with Gasteiger partial charge in [0.15, 0.2) is 0 Å². The molecule has 3 aliphatic rings. The maximum Gasteiger partial charge on any atom is 0.0595 e. The lowest BCUT2D eigenvalue weighted by molar-refractivity contribution is 0.000497. The summed E-state index contributed by atoms with van der Waals surface area (Å²) in [5.41, 5.74) is 6.45. The van der Waals surface area contributed by atoms with E-state index in [9.17, 15) is 0 Å². The second kappa shape index (κ2) is 5.32. The predicted octanol–water partition coefficient (Wildman–Crippen LogP) is 1.05. The Morgan fingerprint density at radius 3 is 2.42 bits per heavy atom. The molecule has 110 valence electrons. The fourth-order valence-electron chi connectivity index (χ4n) is 4.19. The molecule has 2 aliphatic heterocycles. The molecule has 0 aromatic carbocycles. The molecule has 0 aromatic rings.